The molecule has 0 bridgehead atoms. The predicted molar refractivity (Wildman–Crippen MR) is 100.0 cm³/mol. The van der Waals surface area contributed by atoms with E-state index < -0.39 is 16.6 Å². The van der Waals surface area contributed by atoms with Crippen molar-refractivity contribution in [2.24, 2.45) is 5.73 Å². The molecule has 0 aliphatic heterocycles. The highest BCUT2D eigenvalue weighted by Crippen LogP contribution is 2.23. The molecule has 128 valence electrons. The first-order chi connectivity index (χ1) is 9.83. The molecule has 0 unspecified atom stereocenters. The summed E-state index contributed by atoms with van der Waals surface area (Å²) in [6, 6.07) is 2.51. The average Bonchev–Trinajstić information content (AvgIpc) is 2.36. The summed E-state index contributed by atoms with van der Waals surface area (Å²) >= 11 is 0. The van der Waals surface area contributed by atoms with E-state index in [9.17, 15) is 0 Å². The molecule has 0 aliphatic rings. The van der Waals surface area contributed by atoms with Crippen molar-refractivity contribution >= 4 is 16.6 Å². The Kier molecular flexibility index (Phi) is 11.9. The summed E-state index contributed by atoms with van der Waals surface area (Å²) in [5.41, 5.74) is 5.48. The molecule has 0 amide bonds. The van der Waals surface area contributed by atoms with Crippen molar-refractivity contribution in [1.82, 2.24) is 10.6 Å². The van der Waals surface area contributed by atoms with Gasteiger partial charge in [-0.15, -0.1) is 0 Å². The van der Waals surface area contributed by atoms with Crippen molar-refractivity contribution in [3.05, 3.63) is 0 Å². The van der Waals surface area contributed by atoms with Crippen LogP contribution in [0.2, 0.25) is 38.3 Å². The Morgan fingerprint density at radius 2 is 1.29 bits per heavy atom. The van der Waals surface area contributed by atoms with Gasteiger partial charge in [-0.25, -0.2) is 0 Å². The van der Waals surface area contributed by atoms with Gasteiger partial charge in [0.25, 0.3) is 0 Å². The molecule has 0 aromatic heterocycles. The molecule has 0 rings (SSSR count). The molecule has 21 heavy (non-hydrogen) atoms. The second-order valence-corrected chi connectivity index (χ2v) is 16.0. The maximum Gasteiger partial charge on any atom is 0.173 e. The molecule has 4 N–H and O–H groups in total. The predicted octanol–water partition coefficient (Wildman–Crippen LogP) is 2.74. The molecular weight excluding hydrogens is 294 g/mol. The fourth-order valence-corrected chi connectivity index (χ4v) is 11.5. The minimum atomic E-state index is -1.50. The van der Waals surface area contributed by atoms with Gasteiger partial charge < -0.3 is 20.5 Å². The Labute approximate surface area is 134 Å². The van der Waals surface area contributed by atoms with Crippen LogP contribution in [0.25, 0.3) is 0 Å². The normalized spacial score (nSPS) is 12.9. The summed E-state index contributed by atoms with van der Waals surface area (Å²) in [6.45, 7) is 16.7. The lowest BCUT2D eigenvalue weighted by Gasteiger charge is -2.34. The van der Waals surface area contributed by atoms with E-state index in [-0.39, 0.29) is 0 Å². The van der Waals surface area contributed by atoms with Crippen LogP contribution in [0.5, 0.6) is 0 Å². The van der Waals surface area contributed by atoms with Crippen LogP contribution in [0.3, 0.4) is 0 Å². The monoisotopic (exact) mass is 333 g/mol. The number of rotatable bonds is 14. The highest BCUT2D eigenvalue weighted by molar-refractivity contribution is 6.84. The molecule has 0 fully saturated rings. The number of nitrogens with one attached hydrogen (secondary N) is 2. The van der Waals surface area contributed by atoms with Gasteiger partial charge in [-0.2, -0.15) is 0 Å². The Morgan fingerprint density at radius 1 is 0.810 bits per heavy atom. The third kappa shape index (κ3) is 13.6. The summed E-state index contributed by atoms with van der Waals surface area (Å²) < 4.78 is 6.64. The number of nitrogens with two attached hydrogens (primary N) is 1. The Balaban J connectivity index is 3.87. The van der Waals surface area contributed by atoms with Gasteiger partial charge in [0.2, 0.25) is 0 Å². The molecule has 0 saturated heterocycles. The summed E-state index contributed by atoms with van der Waals surface area (Å²) in [5.74, 6) is 0. The van der Waals surface area contributed by atoms with Crippen LogP contribution in [-0.4, -0.2) is 49.4 Å². The average molecular weight is 334 g/mol. The van der Waals surface area contributed by atoms with E-state index in [2.05, 4.69) is 43.7 Å². The molecule has 6 heteroatoms. The fourth-order valence-electron chi connectivity index (χ4n) is 2.66. The maximum absolute atomic E-state index is 6.64. The smallest absolute Gasteiger partial charge is 0.173 e. The summed E-state index contributed by atoms with van der Waals surface area (Å²) in [4.78, 5) is 0. The molecule has 0 radical (unpaired) electrons. The first kappa shape index (κ1) is 21.3. The third-order valence-corrected chi connectivity index (χ3v) is 11.1. The van der Waals surface area contributed by atoms with Crippen LogP contribution in [0, 0.1) is 0 Å². The molecule has 0 heterocycles. The van der Waals surface area contributed by atoms with E-state index in [1.165, 1.54) is 31.4 Å². The van der Waals surface area contributed by atoms with Crippen molar-refractivity contribution in [1.29, 1.82) is 0 Å². The van der Waals surface area contributed by atoms with Crippen LogP contribution in [-0.2, 0) is 4.12 Å². The van der Waals surface area contributed by atoms with Gasteiger partial charge in [0.15, 0.2) is 16.6 Å². The van der Waals surface area contributed by atoms with Crippen LogP contribution < -0.4 is 16.4 Å². The van der Waals surface area contributed by atoms with Gasteiger partial charge in [-0.1, -0.05) is 6.92 Å². The fraction of sp³-hybridized carbons (Fsp3) is 1.00. The maximum atomic E-state index is 6.64. The minimum Gasteiger partial charge on any atom is -0.455 e. The summed E-state index contributed by atoms with van der Waals surface area (Å²) in [7, 11) is -3.00. The molecule has 0 spiro atoms. The summed E-state index contributed by atoms with van der Waals surface area (Å²) in [6.07, 6.45) is 3.68. The van der Waals surface area contributed by atoms with Crippen molar-refractivity contribution in [2.45, 2.75) is 64.5 Å². The van der Waals surface area contributed by atoms with Gasteiger partial charge in [0, 0.05) is 13.1 Å². The van der Waals surface area contributed by atoms with E-state index in [0.29, 0.717) is 0 Å². The van der Waals surface area contributed by atoms with Crippen LogP contribution in [0.1, 0.15) is 26.2 Å². The SMILES string of the molecule is CCCNCCC[Si](C)(C)O[Si](C)(C)CCCNCCN. The van der Waals surface area contributed by atoms with Gasteiger partial charge in [-0.05, 0) is 77.2 Å². The van der Waals surface area contributed by atoms with Gasteiger partial charge in [0.05, 0.1) is 0 Å². The van der Waals surface area contributed by atoms with Crippen LogP contribution in [0.4, 0.5) is 0 Å². The van der Waals surface area contributed by atoms with E-state index in [0.717, 1.165) is 32.7 Å². The van der Waals surface area contributed by atoms with E-state index in [1.54, 1.807) is 0 Å². The largest absolute Gasteiger partial charge is 0.455 e. The highest BCUT2D eigenvalue weighted by Gasteiger charge is 2.32. The quantitative estimate of drug-likeness (QED) is 0.338. The second-order valence-electron chi connectivity index (χ2n) is 7.12. The number of hydrogen-bond donors (Lipinski definition) is 3. The van der Waals surface area contributed by atoms with Crippen molar-refractivity contribution < 1.29 is 4.12 Å². The Bertz CT molecular complexity index is 227. The van der Waals surface area contributed by atoms with Gasteiger partial charge >= 0.3 is 0 Å². The Hall–Kier alpha value is 0.274. The first-order valence-corrected chi connectivity index (χ1v) is 14.9. The van der Waals surface area contributed by atoms with Crippen LogP contribution >= 0.6 is 0 Å². The zero-order chi connectivity index (χ0) is 16.2. The molecular formula is C15H39N3OSi2. The standard InChI is InChI=1S/C15H39N3OSi2/c1-6-10-17-11-7-14-20(2,3)19-21(4,5)15-8-12-18-13-9-16/h17-18H,6-16H2,1-5H3. The summed E-state index contributed by atoms with van der Waals surface area (Å²) in [5, 5.41) is 6.85. The molecule has 4 nitrogen and oxygen atoms in total. The number of hydrogen-bond acceptors (Lipinski definition) is 4. The highest BCUT2D eigenvalue weighted by atomic mass is 28.4. The molecule has 0 saturated carbocycles. The van der Waals surface area contributed by atoms with Gasteiger partial charge in [0.1, 0.15) is 0 Å². The second kappa shape index (κ2) is 11.8. The van der Waals surface area contributed by atoms with Crippen molar-refractivity contribution in [3.8, 4) is 0 Å². The third-order valence-electron chi connectivity index (χ3n) is 3.57. The Morgan fingerprint density at radius 3 is 1.71 bits per heavy atom. The van der Waals surface area contributed by atoms with Gasteiger partial charge in [-0.3, -0.25) is 0 Å². The van der Waals surface area contributed by atoms with E-state index in [4.69, 9.17) is 9.85 Å². The van der Waals surface area contributed by atoms with E-state index >= 15 is 0 Å². The topological polar surface area (TPSA) is 59.3 Å². The minimum absolute atomic E-state index is 0.726. The van der Waals surface area contributed by atoms with Crippen LogP contribution in [0.15, 0.2) is 0 Å². The van der Waals surface area contributed by atoms with Crippen molar-refractivity contribution in [2.75, 3.05) is 32.7 Å². The van der Waals surface area contributed by atoms with E-state index in [1.807, 2.05) is 0 Å². The zero-order valence-corrected chi connectivity index (χ0v) is 17.1. The molecule has 0 aliphatic carbocycles. The lowest BCUT2D eigenvalue weighted by Crippen LogP contribution is -2.44. The first-order valence-electron chi connectivity index (χ1n) is 8.64. The molecule has 0 aromatic rings. The lowest BCUT2D eigenvalue weighted by atomic mass is 10.4. The molecule has 0 aromatic carbocycles. The lowest BCUT2D eigenvalue weighted by molar-refractivity contribution is 0.524. The molecule has 0 atom stereocenters. The van der Waals surface area contributed by atoms with Crippen molar-refractivity contribution in [3.63, 3.8) is 0 Å². The zero-order valence-electron chi connectivity index (χ0n) is 15.1.